The molecular formula is C14H24O5. The fourth-order valence-electron chi connectivity index (χ4n) is 3.33. The fourth-order valence-corrected chi connectivity index (χ4v) is 3.33. The van der Waals surface area contributed by atoms with Crippen LogP contribution in [0.3, 0.4) is 0 Å². The van der Waals surface area contributed by atoms with Crippen LogP contribution in [0.25, 0.3) is 0 Å². The van der Waals surface area contributed by atoms with E-state index in [1.54, 1.807) is 7.11 Å². The van der Waals surface area contributed by atoms with E-state index in [0.717, 1.165) is 32.1 Å². The van der Waals surface area contributed by atoms with Crippen molar-refractivity contribution < 1.29 is 24.1 Å². The summed E-state index contributed by atoms with van der Waals surface area (Å²) in [5, 5.41) is 10.3. The number of fused-ring (bicyclic) bond motifs is 2. The van der Waals surface area contributed by atoms with Gasteiger partial charge in [0.1, 0.15) is 6.10 Å². The van der Waals surface area contributed by atoms with Crippen LogP contribution in [0.15, 0.2) is 0 Å². The molecule has 0 aromatic carbocycles. The highest BCUT2D eigenvalue weighted by atomic mass is 16.7. The number of aliphatic hydroxyl groups is 1. The maximum absolute atomic E-state index is 12.0. The minimum absolute atomic E-state index is 0.0183. The van der Waals surface area contributed by atoms with Gasteiger partial charge in [-0.05, 0) is 12.8 Å². The van der Waals surface area contributed by atoms with Crippen molar-refractivity contribution in [3.8, 4) is 0 Å². The van der Waals surface area contributed by atoms with E-state index >= 15 is 0 Å². The van der Waals surface area contributed by atoms with Crippen LogP contribution >= 0.6 is 0 Å². The third-order valence-electron chi connectivity index (χ3n) is 4.33. The van der Waals surface area contributed by atoms with Gasteiger partial charge in [-0.3, -0.25) is 4.79 Å². The molecule has 5 atom stereocenters. The van der Waals surface area contributed by atoms with Gasteiger partial charge in [0.2, 0.25) is 0 Å². The molecule has 5 nitrogen and oxygen atoms in total. The molecule has 1 saturated heterocycles. The molecule has 1 aliphatic carbocycles. The van der Waals surface area contributed by atoms with Crippen molar-refractivity contribution in [3.05, 3.63) is 0 Å². The Morgan fingerprint density at radius 1 is 1.16 bits per heavy atom. The summed E-state index contributed by atoms with van der Waals surface area (Å²) in [4.78, 5) is 12.0. The number of hydrogen-bond donors (Lipinski definition) is 1. The molecule has 2 rings (SSSR count). The Bertz CT molecular complexity index is 304. The van der Waals surface area contributed by atoms with Crippen molar-refractivity contribution in [1.82, 2.24) is 0 Å². The zero-order valence-electron chi connectivity index (χ0n) is 11.7. The maximum Gasteiger partial charge on any atom is 0.311 e. The zero-order chi connectivity index (χ0) is 13.8. The number of carbonyl (C=O) groups excluding carboxylic acids is 1. The van der Waals surface area contributed by atoms with E-state index in [1.807, 2.05) is 0 Å². The summed E-state index contributed by atoms with van der Waals surface area (Å²) in [6.45, 7) is 0. The summed E-state index contributed by atoms with van der Waals surface area (Å²) in [7, 11) is 2.97. The smallest absolute Gasteiger partial charge is 0.311 e. The molecule has 2 fully saturated rings. The zero-order valence-corrected chi connectivity index (χ0v) is 11.7. The second kappa shape index (κ2) is 6.68. The van der Waals surface area contributed by atoms with Crippen LogP contribution in [0, 0.1) is 11.8 Å². The Labute approximate surface area is 114 Å². The van der Waals surface area contributed by atoms with Crippen molar-refractivity contribution in [2.24, 2.45) is 11.8 Å². The first-order valence-corrected chi connectivity index (χ1v) is 7.13. The quantitative estimate of drug-likeness (QED) is 0.771. The summed E-state index contributed by atoms with van der Waals surface area (Å²) >= 11 is 0. The van der Waals surface area contributed by atoms with Gasteiger partial charge in [-0.2, -0.15) is 0 Å². The Morgan fingerprint density at radius 3 is 2.47 bits per heavy atom. The Kier molecular flexibility index (Phi) is 5.19. The molecule has 1 aliphatic heterocycles. The molecule has 0 radical (unpaired) electrons. The van der Waals surface area contributed by atoms with Gasteiger partial charge in [0.05, 0.1) is 19.1 Å². The van der Waals surface area contributed by atoms with E-state index in [1.165, 1.54) is 7.11 Å². The van der Waals surface area contributed by atoms with Crippen LogP contribution in [-0.4, -0.2) is 43.8 Å². The summed E-state index contributed by atoms with van der Waals surface area (Å²) in [6, 6.07) is 0. The lowest BCUT2D eigenvalue weighted by atomic mass is 9.82. The van der Waals surface area contributed by atoms with Gasteiger partial charge < -0.3 is 19.3 Å². The first kappa shape index (κ1) is 14.8. The lowest BCUT2D eigenvalue weighted by Gasteiger charge is -2.25. The number of aliphatic hydroxyl groups excluding tert-OH is 1. The van der Waals surface area contributed by atoms with E-state index in [9.17, 15) is 9.90 Å². The average molecular weight is 272 g/mol. The van der Waals surface area contributed by atoms with E-state index < -0.39 is 24.4 Å². The molecule has 0 aromatic rings. The summed E-state index contributed by atoms with van der Waals surface area (Å²) < 4.78 is 16.0. The molecule has 1 saturated carbocycles. The van der Waals surface area contributed by atoms with Crippen LogP contribution in [0.1, 0.15) is 38.5 Å². The summed E-state index contributed by atoms with van der Waals surface area (Å²) in [5.74, 6) is -0.729. The van der Waals surface area contributed by atoms with E-state index in [-0.39, 0.29) is 11.9 Å². The Hall–Kier alpha value is -0.650. The third kappa shape index (κ3) is 3.09. The van der Waals surface area contributed by atoms with Gasteiger partial charge >= 0.3 is 5.97 Å². The van der Waals surface area contributed by atoms with Crippen molar-refractivity contribution in [2.75, 3.05) is 14.2 Å². The van der Waals surface area contributed by atoms with Gasteiger partial charge in [0, 0.05) is 13.0 Å². The lowest BCUT2D eigenvalue weighted by Crippen LogP contribution is -2.38. The molecule has 0 spiro atoms. The van der Waals surface area contributed by atoms with Crippen molar-refractivity contribution in [3.63, 3.8) is 0 Å². The maximum atomic E-state index is 12.0. The molecule has 0 unspecified atom stereocenters. The molecule has 0 aromatic heterocycles. The van der Waals surface area contributed by atoms with Crippen molar-refractivity contribution >= 4 is 5.97 Å². The van der Waals surface area contributed by atoms with Gasteiger partial charge in [-0.25, -0.2) is 0 Å². The highest BCUT2D eigenvalue weighted by Crippen LogP contribution is 2.40. The van der Waals surface area contributed by atoms with Crippen LogP contribution in [-0.2, 0) is 19.0 Å². The first-order chi connectivity index (χ1) is 9.19. The monoisotopic (exact) mass is 272 g/mol. The van der Waals surface area contributed by atoms with Gasteiger partial charge in [0.15, 0.2) is 6.29 Å². The van der Waals surface area contributed by atoms with E-state index in [2.05, 4.69) is 0 Å². The SMILES string of the molecule is COC(=O)[C@@H]1[C@H]2CCCCCC[C@@H](O)[C@@H]1O[C@H]2OC. The van der Waals surface area contributed by atoms with Crippen LogP contribution < -0.4 is 0 Å². The summed E-state index contributed by atoms with van der Waals surface area (Å²) in [5.41, 5.74) is 0. The van der Waals surface area contributed by atoms with Gasteiger partial charge in [-0.1, -0.05) is 25.7 Å². The van der Waals surface area contributed by atoms with Crippen molar-refractivity contribution in [2.45, 2.75) is 57.0 Å². The normalized spacial score (nSPS) is 39.8. The standard InChI is InChI=1S/C14H24O5/c1-17-13(16)11-9-7-5-3-4-6-8-10(15)12(11)19-14(9)18-2/h9-12,14-15H,3-8H2,1-2H3/t9-,10-,11-,12+,14-/m1/s1. The molecule has 2 aliphatic rings. The van der Waals surface area contributed by atoms with E-state index in [4.69, 9.17) is 14.2 Å². The van der Waals surface area contributed by atoms with E-state index in [0.29, 0.717) is 6.42 Å². The van der Waals surface area contributed by atoms with Crippen LogP contribution in [0.2, 0.25) is 0 Å². The molecule has 1 heterocycles. The number of esters is 1. The number of methoxy groups -OCH3 is 2. The van der Waals surface area contributed by atoms with Gasteiger partial charge in [0.25, 0.3) is 0 Å². The third-order valence-corrected chi connectivity index (χ3v) is 4.33. The number of hydrogen-bond acceptors (Lipinski definition) is 5. The fraction of sp³-hybridized carbons (Fsp3) is 0.929. The predicted molar refractivity (Wildman–Crippen MR) is 68.4 cm³/mol. The highest BCUT2D eigenvalue weighted by Gasteiger charge is 2.51. The summed E-state index contributed by atoms with van der Waals surface area (Å²) in [6.07, 6.45) is 4.28. The molecule has 1 N–H and O–H groups in total. The minimum atomic E-state index is -0.621. The molecule has 2 bridgehead atoms. The largest absolute Gasteiger partial charge is 0.469 e. The molecule has 19 heavy (non-hydrogen) atoms. The molecular weight excluding hydrogens is 248 g/mol. The second-order valence-corrected chi connectivity index (χ2v) is 5.48. The Morgan fingerprint density at radius 2 is 1.84 bits per heavy atom. The topological polar surface area (TPSA) is 65.0 Å². The predicted octanol–water partition coefficient (Wildman–Crippen LogP) is 1.48. The number of carbonyl (C=O) groups is 1. The van der Waals surface area contributed by atoms with Crippen molar-refractivity contribution in [1.29, 1.82) is 0 Å². The molecule has 0 amide bonds. The van der Waals surface area contributed by atoms with Crippen LogP contribution in [0.5, 0.6) is 0 Å². The number of ether oxygens (including phenoxy) is 3. The second-order valence-electron chi connectivity index (χ2n) is 5.48. The minimum Gasteiger partial charge on any atom is -0.469 e. The van der Waals surface area contributed by atoms with Gasteiger partial charge in [-0.15, -0.1) is 0 Å². The molecule has 110 valence electrons. The Balaban J connectivity index is 2.22. The number of rotatable bonds is 2. The first-order valence-electron chi connectivity index (χ1n) is 7.13. The highest BCUT2D eigenvalue weighted by molar-refractivity contribution is 5.74. The molecule has 5 heteroatoms. The lowest BCUT2D eigenvalue weighted by molar-refractivity contribution is -0.158. The van der Waals surface area contributed by atoms with Crippen LogP contribution in [0.4, 0.5) is 0 Å². The average Bonchev–Trinajstić information content (AvgIpc) is 2.78.